The highest BCUT2D eigenvalue weighted by atomic mass is 32.2. The van der Waals surface area contributed by atoms with Crippen LogP contribution >= 0.6 is 0 Å². The number of para-hydroxylation sites is 1. The minimum Gasteiger partial charge on any atom is -0.374 e. The Balaban J connectivity index is 1.66. The first-order valence-corrected chi connectivity index (χ1v) is 10.7. The van der Waals surface area contributed by atoms with Crippen molar-refractivity contribution in [3.63, 3.8) is 0 Å². The number of rotatable bonds is 7. The van der Waals surface area contributed by atoms with Crippen LogP contribution in [0.15, 0.2) is 83.8 Å². The molecule has 3 aromatic carbocycles. The normalized spacial score (nSPS) is 11.1. The molecule has 0 radical (unpaired) electrons. The van der Waals surface area contributed by atoms with Gasteiger partial charge in [0.1, 0.15) is 0 Å². The number of primary sulfonamides is 1. The molecular weight excluding hydrogens is 386 g/mol. The van der Waals surface area contributed by atoms with Crippen molar-refractivity contribution in [3.8, 4) is 11.1 Å². The topological polar surface area (TPSA) is 92.5 Å². The lowest BCUT2D eigenvalue weighted by Crippen LogP contribution is -2.24. The van der Waals surface area contributed by atoms with Gasteiger partial charge in [0.15, 0.2) is 0 Å². The van der Waals surface area contributed by atoms with Crippen LogP contribution in [0, 0.1) is 0 Å². The molecular formula is C22H23N3O3S. The first kappa shape index (κ1) is 20.6. The molecule has 0 fully saturated rings. The molecule has 7 heteroatoms. The van der Waals surface area contributed by atoms with E-state index in [1.807, 2.05) is 48.3 Å². The van der Waals surface area contributed by atoms with Crippen LogP contribution in [-0.4, -0.2) is 27.9 Å². The fraction of sp³-hybridized carbons (Fsp3) is 0.136. The van der Waals surface area contributed by atoms with Gasteiger partial charge in [-0.2, -0.15) is 0 Å². The molecule has 150 valence electrons. The number of amides is 1. The number of anilines is 2. The Labute approximate surface area is 171 Å². The molecule has 0 saturated carbocycles. The van der Waals surface area contributed by atoms with Crippen molar-refractivity contribution in [2.75, 3.05) is 23.8 Å². The Kier molecular flexibility index (Phi) is 6.31. The molecule has 0 unspecified atom stereocenters. The summed E-state index contributed by atoms with van der Waals surface area (Å²) in [7, 11) is -1.87. The molecule has 1 amide bonds. The molecule has 0 spiro atoms. The van der Waals surface area contributed by atoms with Gasteiger partial charge >= 0.3 is 0 Å². The van der Waals surface area contributed by atoms with Crippen LogP contribution in [0.5, 0.6) is 0 Å². The zero-order valence-corrected chi connectivity index (χ0v) is 16.9. The highest BCUT2D eigenvalue weighted by molar-refractivity contribution is 7.89. The molecule has 0 aliphatic rings. The van der Waals surface area contributed by atoms with Crippen molar-refractivity contribution >= 4 is 27.3 Å². The standard InChI is InChI=1S/C22H23N3O3S/c1-25(21-13-6-5-12-20(21)17-8-3-2-4-9-17)15-14-22(26)24-18-10-7-11-19(16-18)29(23,27)28/h2-13,16H,14-15H2,1H3,(H,24,26)(H2,23,27,28). The van der Waals surface area contributed by atoms with Crippen molar-refractivity contribution in [3.05, 3.63) is 78.9 Å². The maximum absolute atomic E-state index is 12.3. The van der Waals surface area contributed by atoms with Crippen molar-refractivity contribution in [1.82, 2.24) is 0 Å². The highest BCUT2D eigenvalue weighted by Gasteiger charge is 2.12. The van der Waals surface area contributed by atoms with Gasteiger partial charge in [-0.25, -0.2) is 13.6 Å². The van der Waals surface area contributed by atoms with Crippen LogP contribution in [0.1, 0.15) is 6.42 Å². The van der Waals surface area contributed by atoms with Crippen molar-refractivity contribution < 1.29 is 13.2 Å². The maximum Gasteiger partial charge on any atom is 0.238 e. The van der Waals surface area contributed by atoms with Crippen LogP contribution in [0.25, 0.3) is 11.1 Å². The second-order valence-electron chi connectivity index (χ2n) is 6.68. The molecule has 0 atom stereocenters. The van der Waals surface area contributed by atoms with Gasteiger partial charge < -0.3 is 10.2 Å². The van der Waals surface area contributed by atoms with E-state index in [1.54, 1.807) is 6.07 Å². The molecule has 6 nitrogen and oxygen atoms in total. The van der Waals surface area contributed by atoms with Crippen molar-refractivity contribution in [1.29, 1.82) is 0 Å². The van der Waals surface area contributed by atoms with Crippen molar-refractivity contribution in [2.24, 2.45) is 5.14 Å². The number of sulfonamides is 1. The van der Waals surface area contributed by atoms with Gasteiger partial charge in [0.05, 0.1) is 4.90 Å². The fourth-order valence-corrected chi connectivity index (χ4v) is 3.59. The number of nitrogens with two attached hydrogens (primary N) is 1. The number of hydrogen-bond acceptors (Lipinski definition) is 4. The summed E-state index contributed by atoms with van der Waals surface area (Å²) in [6.45, 7) is 0.505. The van der Waals surface area contributed by atoms with E-state index in [-0.39, 0.29) is 17.2 Å². The first-order valence-electron chi connectivity index (χ1n) is 9.13. The van der Waals surface area contributed by atoms with Crippen LogP contribution in [0.2, 0.25) is 0 Å². The number of nitrogens with one attached hydrogen (secondary N) is 1. The van der Waals surface area contributed by atoms with Gasteiger partial charge in [-0.1, -0.05) is 54.6 Å². The maximum atomic E-state index is 12.3. The second kappa shape index (κ2) is 8.89. The lowest BCUT2D eigenvalue weighted by molar-refractivity contribution is -0.116. The van der Waals surface area contributed by atoms with Gasteiger partial charge in [-0.3, -0.25) is 4.79 Å². The van der Waals surface area contributed by atoms with E-state index >= 15 is 0 Å². The Hall–Kier alpha value is -3.16. The van der Waals surface area contributed by atoms with Gasteiger partial charge in [0.25, 0.3) is 0 Å². The summed E-state index contributed by atoms with van der Waals surface area (Å²) in [6, 6.07) is 24.0. The van der Waals surface area contributed by atoms with Crippen LogP contribution in [0.4, 0.5) is 11.4 Å². The van der Waals surface area contributed by atoms with Crippen LogP contribution < -0.4 is 15.4 Å². The summed E-state index contributed by atoms with van der Waals surface area (Å²) >= 11 is 0. The molecule has 0 aliphatic heterocycles. The Bertz CT molecular complexity index is 1100. The number of carbonyl (C=O) groups is 1. The molecule has 29 heavy (non-hydrogen) atoms. The molecule has 3 rings (SSSR count). The predicted molar refractivity (Wildman–Crippen MR) is 116 cm³/mol. The lowest BCUT2D eigenvalue weighted by atomic mass is 10.0. The number of hydrogen-bond donors (Lipinski definition) is 2. The molecule has 0 heterocycles. The van der Waals surface area contributed by atoms with E-state index in [2.05, 4.69) is 23.5 Å². The van der Waals surface area contributed by atoms with Gasteiger partial charge in [-0.05, 0) is 29.8 Å². The Morgan fingerprint density at radius 3 is 2.38 bits per heavy atom. The zero-order chi connectivity index (χ0) is 20.9. The van der Waals surface area contributed by atoms with Gasteiger partial charge in [0.2, 0.25) is 15.9 Å². The van der Waals surface area contributed by atoms with E-state index in [1.165, 1.54) is 18.2 Å². The van der Waals surface area contributed by atoms with Gasteiger partial charge in [-0.15, -0.1) is 0 Å². The summed E-state index contributed by atoms with van der Waals surface area (Å²) in [5, 5.41) is 7.86. The summed E-state index contributed by atoms with van der Waals surface area (Å²) in [4.78, 5) is 14.3. The minimum atomic E-state index is -3.81. The quantitative estimate of drug-likeness (QED) is 0.625. The SMILES string of the molecule is CN(CCC(=O)Nc1cccc(S(N)(=O)=O)c1)c1ccccc1-c1ccccc1. The van der Waals surface area contributed by atoms with Gasteiger partial charge in [0, 0.05) is 37.0 Å². The predicted octanol–water partition coefficient (Wildman–Crippen LogP) is 3.47. The first-order chi connectivity index (χ1) is 13.8. The summed E-state index contributed by atoms with van der Waals surface area (Å²) in [5.41, 5.74) is 3.63. The molecule has 3 N–H and O–H groups in total. The Morgan fingerprint density at radius 1 is 0.966 bits per heavy atom. The highest BCUT2D eigenvalue weighted by Crippen LogP contribution is 2.30. The third kappa shape index (κ3) is 5.43. The second-order valence-corrected chi connectivity index (χ2v) is 8.24. The molecule has 0 aliphatic carbocycles. The molecule has 0 bridgehead atoms. The summed E-state index contributed by atoms with van der Waals surface area (Å²) in [6.07, 6.45) is 0.249. The van der Waals surface area contributed by atoms with Crippen LogP contribution in [0.3, 0.4) is 0 Å². The fourth-order valence-electron chi connectivity index (χ4n) is 3.03. The summed E-state index contributed by atoms with van der Waals surface area (Å²) < 4.78 is 22.9. The number of nitrogens with zero attached hydrogens (tertiary/aromatic N) is 1. The Morgan fingerprint density at radius 2 is 1.66 bits per heavy atom. The van der Waals surface area contributed by atoms with Crippen molar-refractivity contribution in [2.45, 2.75) is 11.3 Å². The van der Waals surface area contributed by atoms with Crippen LogP contribution in [-0.2, 0) is 14.8 Å². The number of benzene rings is 3. The average Bonchev–Trinajstić information content (AvgIpc) is 2.72. The monoisotopic (exact) mass is 409 g/mol. The minimum absolute atomic E-state index is 0.0378. The smallest absolute Gasteiger partial charge is 0.238 e. The van der Waals surface area contributed by atoms with E-state index in [9.17, 15) is 13.2 Å². The average molecular weight is 410 g/mol. The number of carbonyl (C=O) groups excluding carboxylic acids is 1. The van der Waals surface area contributed by atoms with E-state index in [0.29, 0.717) is 12.2 Å². The largest absolute Gasteiger partial charge is 0.374 e. The summed E-state index contributed by atoms with van der Waals surface area (Å²) in [5.74, 6) is -0.208. The van der Waals surface area contributed by atoms with E-state index in [0.717, 1.165) is 16.8 Å². The third-order valence-corrected chi connectivity index (χ3v) is 5.43. The van der Waals surface area contributed by atoms with E-state index < -0.39 is 10.0 Å². The third-order valence-electron chi connectivity index (χ3n) is 4.52. The zero-order valence-electron chi connectivity index (χ0n) is 16.1. The molecule has 3 aromatic rings. The lowest BCUT2D eigenvalue weighted by Gasteiger charge is -2.22. The van der Waals surface area contributed by atoms with E-state index in [4.69, 9.17) is 5.14 Å². The molecule has 0 aromatic heterocycles. The molecule has 0 saturated heterocycles.